The summed E-state index contributed by atoms with van der Waals surface area (Å²) in [5.74, 6) is 0. The first-order valence-corrected chi connectivity index (χ1v) is 22.8. The molecule has 0 atom stereocenters. The van der Waals surface area contributed by atoms with E-state index in [1.807, 2.05) is 0 Å². The molecule has 10 aromatic rings. The monoisotopic (exact) mass is 827 g/mol. The molecule has 65 heavy (non-hydrogen) atoms. The zero-order valence-corrected chi connectivity index (χ0v) is 36.5. The van der Waals surface area contributed by atoms with Crippen molar-refractivity contribution in [3.63, 3.8) is 0 Å². The van der Waals surface area contributed by atoms with Gasteiger partial charge in [-0.3, -0.25) is 0 Å². The van der Waals surface area contributed by atoms with Crippen molar-refractivity contribution in [1.82, 2.24) is 0 Å². The second-order valence-corrected chi connectivity index (χ2v) is 18.1. The van der Waals surface area contributed by atoms with Crippen LogP contribution < -0.4 is 4.90 Å². The van der Waals surface area contributed by atoms with Crippen molar-refractivity contribution in [2.24, 2.45) is 0 Å². The van der Waals surface area contributed by atoms with Gasteiger partial charge in [0, 0.05) is 17.1 Å². The molecule has 1 heteroatoms. The minimum absolute atomic E-state index is 0.517. The third-order valence-electron chi connectivity index (χ3n) is 14.7. The van der Waals surface area contributed by atoms with Gasteiger partial charge in [0.2, 0.25) is 0 Å². The summed E-state index contributed by atoms with van der Waals surface area (Å²) in [5.41, 5.74) is 25.6. The Labute approximate surface area is 381 Å². The highest BCUT2D eigenvalue weighted by Gasteiger charge is 2.53. The van der Waals surface area contributed by atoms with Crippen LogP contribution in [0, 0.1) is 13.8 Å². The molecule has 0 N–H and O–H groups in total. The highest BCUT2D eigenvalue weighted by Crippen LogP contribution is 2.65. The first kappa shape index (κ1) is 37.5. The van der Waals surface area contributed by atoms with Crippen molar-refractivity contribution < 1.29 is 0 Å². The third kappa shape index (κ3) is 5.21. The van der Waals surface area contributed by atoms with E-state index in [1.165, 1.54) is 100 Å². The summed E-state index contributed by atoms with van der Waals surface area (Å²) in [6.45, 7) is 4.48. The number of hydrogen-bond donors (Lipinski definition) is 0. The number of fused-ring (bicyclic) bond motifs is 13. The molecule has 1 spiro atoms. The number of aryl methyl sites for hydroxylation is 2. The van der Waals surface area contributed by atoms with Crippen LogP contribution in [0.25, 0.3) is 44.5 Å². The molecule has 3 aliphatic rings. The van der Waals surface area contributed by atoms with Crippen LogP contribution in [-0.2, 0) is 10.8 Å². The van der Waals surface area contributed by atoms with E-state index in [0.29, 0.717) is 0 Å². The summed E-state index contributed by atoms with van der Waals surface area (Å²) < 4.78 is 0. The van der Waals surface area contributed by atoms with Crippen LogP contribution in [0.1, 0.15) is 55.6 Å². The van der Waals surface area contributed by atoms with Gasteiger partial charge in [-0.05, 0) is 139 Å². The van der Waals surface area contributed by atoms with E-state index in [9.17, 15) is 0 Å². The van der Waals surface area contributed by atoms with E-state index < -0.39 is 10.8 Å². The molecule has 0 aromatic heterocycles. The van der Waals surface area contributed by atoms with Gasteiger partial charge in [0.1, 0.15) is 0 Å². The SMILES string of the molecule is Cc1ccc2c(c1)C1(c3cc(C)ccc3-2)c2cc(N(c3ccccc3)c3ccc4c(c3)C(c3ccccc3)(c3ccccc3)c3ccccc3-4)ccc2-c2c(-c3ccccc3)cccc21. The number of anilines is 3. The Morgan fingerprint density at radius 2 is 0.708 bits per heavy atom. The van der Waals surface area contributed by atoms with Crippen molar-refractivity contribution in [1.29, 1.82) is 0 Å². The lowest BCUT2D eigenvalue weighted by Gasteiger charge is -2.35. The zero-order valence-electron chi connectivity index (χ0n) is 36.5. The molecule has 0 saturated carbocycles. The molecule has 13 rings (SSSR count). The largest absolute Gasteiger partial charge is 0.310 e. The number of para-hydroxylation sites is 1. The number of rotatable bonds is 6. The van der Waals surface area contributed by atoms with E-state index >= 15 is 0 Å². The van der Waals surface area contributed by atoms with Crippen molar-refractivity contribution >= 4 is 17.1 Å². The van der Waals surface area contributed by atoms with Gasteiger partial charge in [-0.2, -0.15) is 0 Å². The van der Waals surface area contributed by atoms with E-state index in [2.05, 4.69) is 255 Å². The van der Waals surface area contributed by atoms with Crippen LogP contribution in [0.2, 0.25) is 0 Å². The van der Waals surface area contributed by atoms with Crippen LogP contribution in [-0.4, -0.2) is 0 Å². The predicted octanol–water partition coefficient (Wildman–Crippen LogP) is 16.1. The van der Waals surface area contributed by atoms with E-state index in [-0.39, 0.29) is 0 Å². The minimum Gasteiger partial charge on any atom is -0.310 e. The summed E-state index contributed by atoms with van der Waals surface area (Å²) in [4.78, 5) is 2.49. The lowest BCUT2D eigenvalue weighted by Crippen LogP contribution is -2.28. The molecule has 10 aromatic carbocycles. The Morgan fingerprint density at radius 1 is 0.277 bits per heavy atom. The lowest BCUT2D eigenvalue weighted by molar-refractivity contribution is 0.768. The predicted molar refractivity (Wildman–Crippen MR) is 270 cm³/mol. The Bertz CT molecular complexity index is 3400. The van der Waals surface area contributed by atoms with Crippen molar-refractivity contribution in [2.75, 3.05) is 4.90 Å². The Balaban J connectivity index is 1.10. The van der Waals surface area contributed by atoms with Crippen LogP contribution in [0.3, 0.4) is 0 Å². The quantitative estimate of drug-likeness (QED) is 0.161. The Kier molecular flexibility index (Phi) is 8.24. The average Bonchev–Trinajstić information content (AvgIpc) is 3.94. The molecule has 1 nitrogen and oxygen atoms in total. The zero-order chi connectivity index (χ0) is 43.3. The maximum atomic E-state index is 2.53. The molecule has 0 heterocycles. The minimum atomic E-state index is -0.522. The first-order valence-electron chi connectivity index (χ1n) is 22.8. The summed E-state index contributed by atoms with van der Waals surface area (Å²) in [6, 6.07) is 88.9. The number of hydrogen-bond acceptors (Lipinski definition) is 1. The Morgan fingerprint density at radius 3 is 1.31 bits per heavy atom. The van der Waals surface area contributed by atoms with Crippen molar-refractivity contribution in [3.8, 4) is 44.5 Å². The first-order chi connectivity index (χ1) is 32.1. The normalized spacial score (nSPS) is 13.9. The average molecular weight is 828 g/mol. The standard InChI is InChI=1S/C64H45N/c1-42-30-34-52-53-35-31-43(2)39-59(53)64(58(52)38-42)57-29-17-27-50(44-18-7-3-8-19-44)62(57)55-37-33-49(41-61(55)64)65(47-24-13-6-14-25-47)48-32-36-54-51-26-15-16-28-56(51)63(60(54)40-48,45-20-9-4-10-21-45)46-22-11-5-12-23-46/h3-41H,1-2H3. The number of nitrogens with zero attached hydrogens (tertiary/aromatic N) is 1. The topological polar surface area (TPSA) is 3.24 Å². The molecule has 0 radical (unpaired) electrons. The lowest BCUT2D eigenvalue weighted by atomic mass is 9.67. The summed E-state index contributed by atoms with van der Waals surface area (Å²) >= 11 is 0. The highest BCUT2D eigenvalue weighted by atomic mass is 15.1. The van der Waals surface area contributed by atoms with Crippen molar-refractivity contribution in [2.45, 2.75) is 24.7 Å². The smallest absolute Gasteiger partial charge is 0.0726 e. The fourth-order valence-electron chi connectivity index (χ4n) is 12.1. The Hall–Kier alpha value is -8.00. The molecule has 306 valence electrons. The second kappa shape index (κ2) is 14.3. The van der Waals surface area contributed by atoms with E-state index in [1.54, 1.807) is 0 Å². The van der Waals surface area contributed by atoms with Gasteiger partial charge in [-0.1, -0.05) is 211 Å². The summed E-state index contributed by atoms with van der Waals surface area (Å²) in [7, 11) is 0. The molecule has 0 saturated heterocycles. The fraction of sp³-hybridized carbons (Fsp3) is 0.0625. The molecule has 0 aliphatic heterocycles. The molecule has 3 aliphatic carbocycles. The van der Waals surface area contributed by atoms with E-state index in [4.69, 9.17) is 0 Å². The van der Waals surface area contributed by atoms with Crippen LogP contribution in [0.15, 0.2) is 237 Å². The molecule has 0 unspecified atom stereocenters. The third-order valence-corrected chi connectivity index (χ3v) is 14.7. The van der Waals surface area contributed by atoms with Crippen molar-refractivity contribution in [3.05, 3.63) is 292 Å². The number of benzene rings is 10. The maximum Gasteiger partial charge on any atom is 0.0726 e. The van der Waals surface area contributed by atoms with Gasteiger partial charge in [0.15, 0.2) is 0 Å². The van der Waals surface area contributed by atoms with Gasteiger partial charge in [0.05, 0.1) is 10.8 Å². The van der Waals surface area contributed by atoms with Crippen LogP contribution in [0.4, 0.5) is 17.1 Å². The van der Waals surface area contributed by atoms with Gasteiger partial charge in [-0.15, -0.1) is 0 Å². The van der Waals surface area contributed by atoms with Gasteiger partial charge in [-0.25, -0.2) is 0 Å². The molecule has 0 fully saturated rings. The summed E-state index contributed by atoms with van der Waals surface area (Å²) in [6.07, 6.45) is 0. The molecular formula is C64H45N. The van der Waals surface area contributed by atoms with Crippen LogP contribution >= 0.6 is 0 Å². The highest BCUT2D eigenvalue weighted by molar-refractivity contribution is 6.01. The molecule has 0 bridgehead atoms. The van der Waals surface area contributed by atoms with Gasteiger partial charge >= 0.3 is 0 Å². The molecular weight excluding hydrogens is 783 g/mol. The fourth-order valence-corrected chi connectivity index (χ4v) is 12.1. The molecule has 0 amide bonds. The maximum absolute atomic E-state index is 2.53. The van der Waals surface area contributed by atoms with Gasteiger partial charge < -0.3 is 4.90 Å². The van der Waals surface area contributed by atoms with Crippen LogP contribution in [0.5, 0.6) is 0 Å². The van der Waals surface area contributed by atoms with Gasteiger partial charge in [0.25, 0.3) is 0 Å². The van der Waals surface area contributed by atoms with E-state index in [0.717, 1.165) is 17.1 Å². The second-order valence-electron chi connectivity index (χ2n) is 18.1. The summed E-state index contributed by atoms with van der Waals surface area (Å²) in [5, 5.41) is 0.